The number of methoxy groups -OCH3 is 1. The summed E-state index contributed by atoms with van der Waals surface area (Å²) < 4.78 is 5.19. The molecule has 9 heteroatoms. The van der Waals surface area contributed by atoms with E-state index in [1.807, 2.05) is 42.5 Å². The summed E-state index contributed by atoms with van der Waals surface area (Å²) in [6.07, 6.45) is 0. The lowest BCUT2D eigenvalue weighted by atomic mass is 9.98. The van der Waals surface area contributed by atoms with Gasteiger partial charge in [0, 0.05) is 27.2 Å². The lowest BCUT2D eigenvalue weighted by Crippen LogP contribution is -2.19. The maximum Gasteiger partial charge on any atom is 0.336 e. The first-order chi connectivity index (χ1) is 20.3. The van der Waals surface area contributed by atoms with Crippen molar-refractivity contribution in [3.8, 4) is 5.75 Å². The maximum atomic E-state index is 13.4. The quantitative estimate of drug-likeness (QED) is 0.149. The van der Waals surface area contributed by atoms with E-state index in [1.165, 1.54) is 24.9 Å². The highest BCUT2D eigenvalue weighted by Gasteiger charge is 2.23. The van der Waals surface area contributed by atoms with Crippen molar-refractivity contribution >= 4 is 63.3 Å². The molecule has 0 spiro atoms. The maximum absolute atomic E-state index is 13.4. The number of halogens is 1. The van der Waals surface area contributed by atoms with Crippen molar-refractivity contribution in [1.82, 2.24) is 0 Å². The number of rotatable bonds is 9. The first kappa shape index (κ1) is 28.7. The fraction of sp³-hybridized carbons (Fsp3) is 0.0606. The van der Waals surface area contributed by atoms with Crippen molar-refractivity contribution in [2.24, 2.45) is 0 Å². The van der Waals surface area contributed by atoms with Crippen LogP contribution < -0.4 is 15.4 Å². The molecule has 0 heterocycles. The summed E-state index contributed by atoms with van der Waals surface area (Å²) in [5.74, 6) is -1.24. The van der Waals surface area contributed by atoms with Crippen LogP contribution in [0.4, 0.5) is 11.4 Å². The van der Waals surface area contributed by atoms with Gasteiger partial charge in [-0.05, 0) is 65.5 Å². The zero-order chi connectivity index (χ0) is 29.6. The number of carboxylic acid groups (broad SMARTS) is 1. The van der Waals surface area contributed by atoms with E-state index in [2.05, 4.69) is 10.6 Å². The lowest BCUT2D eigenvalue weighted by Gasteiger charge is -2.18. The fourth-order valence-corrected chi connectivity index (χ4v) is 5.79. The minimum Gasteiger partial charge on any atom is -0.495 e. The molecule has 0 aliphatic carbocycles. The number of thioether (sulfide) groups is 1. The Morgan fingerprint density at radius 3 is 2.10 bits per heavy atom. The average molecular weight is 597 g/mol. The highest BCUT2D eigenvalue weighted by Crippen LogP contribution is 2.37. The molecule has 42 heavy (non-hydrogen) atoms. The number of benzene rings is 5. The summed E-state index contributed by atoms with van der Waals surface area (Å²) in [4.78, 5) is 39.2. The number of carboxylic acids is 1. The molecule has 3 N–H and O–H groups in total. The molecule has 210 valence electrons. The van der Waals surface area contributed by atoms with E-state index in [0.29, 0.717) is 32.9 Å². The van der Waals surface area contributed by atoms with Crippen LogP contribution >= 0.6 is 23.4 Å². The molecule has 0 aromatic heterocycles. The molecule has 7 nitrogen and oxygen atoms in total. The van der Waals surface area contributed by atoms with Gasteiger partial charge >= 0.3 is 5.97 Å². The van der Waals surface area contributed by atoms with Gasteiger partial charge in [-0.25, -0.2) is 4.79 Å². The van der Waals surface area contributed by atoms with Gasteiger partial charge < -0.3 is 20.5 Å². The van der Waals surface area contributed by atoms with Crippen molar-refractivity contribution in [1.29, 1.82) is 0 Å². The van der Waals surface area contributed by atoms with E-state index in [4.69, 9.17) is 16.3 Å². The van der Waals surface area contributed by atoms with Crippen LogP contribution in [-0.2, 0) is 4.79 Å². The van der Waals surface area contributed by atoms with Gasteiger partial charge in [0.1, 0.15) is 11.0 Å². The second kappa shape index (κ2) is 12.8. The number of nitrogens with one attached hydrogen (secondary N) is 2. The summed E-state index contributed by atoms with van der Waals surface area (Å²) in [6.45, 7) is 0. The Kier molecular flexibility index (Phi) is 8.76. The molecular formula is C33H25ClN2O5S. The summed E-state index contributed by atoms with van der Waals surface area (Å²) in [5.41, 5.74) is 2.23. The number of fused-ring (bicyclic) bond motifs is 1. The van der Waals surface area contributed by atoms with Gasteiger partial charge in [-0.15, -0.1) is 11.8 Å². The smallest absolute Gasteiger partial charge is 0.336 e. The molecule has 0 radical (unpaired) electrons. The molecule has 0 fully saturated rings. The predicted molar refractivity (Wildman–Crippen MR) is 167 cm³/mol. The Labute approximate surface area is 251 Å². The Morgan fingerprint density at radius 1 is 0.786 bits per heavy atom. The molecule has 0 aliphatic rings. The van der Waals surface area contributed by atoms with Crippen LogP contribution in [0.3, 0.4) is 0 Å². The van der Waals surface area contributed by atoms with Gasteiger partial charge in [0.25, 0.3) is 5.91 Å². The summed E-state index contributed by atoms with van der Waals surface area (Å²) in [5, 5.41) is 16.3. The monoisotopic (exact) mass is 596 g/mol. The number of carbonyl (C=O) groups excluding carboxylic acids is 2. The molecule has 0 saturated carbocycles. The van der Waals surface area contributed by atoms with Gasteiger partial charge in [-0.1, -0.05) is 66.2 Å². The topological polar surface area (TPSA) is 105 Å². The van der Waals surface area contributed by atoms with E-state index in [-0.39, 0.29) is 17.0 Å². The number of hydrogen-bond acceptors (Lipinski definition) is 5. The van der Waals surface area contributed by atoms with Crippen LogP contribution in [0.25, 0.3) is 10.8 Å². The van der Waals surface area contributed by atoms with Crippen LogP contribution in [0.5, 0.6) is 5.75 Å². The Bertz CT molecular complexity index is 1770. The number of hydrogen-bond donors (Lipinski definition) is 3. The van der Waals surface area contributed by atoms with Crippen LogP contribution in [0.2, 0.25) is 5.02 Å². The summed E-state index contributed by atoms with van der Waals surface area (Å²) in [7, 11) is 1.52. The van der Waals surface area contributed by atoms with E-state index >= 15 is 0 Å². The molecule has 5 aromatic carbocycles. The molecule has 1 unspecified atom stereocenters. The normalized spacial score (nSPS) is 11.5. The summed E-state index contributed by atoms with van der Waals surface area (Å²) >= 11 is 7.61. The zero-order valence-corrected chi connectivity index (χ0v) is 23.9. The van der Waals surface area contributed by atoms with Crippen molar-refractivity contribution in [3.05, 3.63) is 131 Å². The Hall–Kier alpha value is -4.79. The van der Waals surface area contributed by atoms with Gasteiger partial charge in [0.15, 0.2) is 0 Å². The van der Waals surface area contributed by atoms with Gasteiger partial charge in [0.2, 0.25) is 5.91 Å². The third kappa shape index (κ3) is 6.40. The second-order valence-corrected chi connectivity index (χ2v) is 10.8. The van der Waals surface area contributed by atoms with Crippen LogP contribution in [0.15, 0.2) is 114 Å². The van der Waals surface area contributed by atoms with E-state index in [1.54, 1.807) is 60.7 Å². The van der Waals surface area contributed by atoms with Crippen LogP contribution in [0, 0.1) is 0 Å². The largest absolute Gasteiger partial charge is 0.495 e. The van der Waals surface area contributed by atoms with E-state index < -0.39 is 17.1 Å². The van der Waals surface area contributed by atoms with Gasteiger partial charge in [0.05, 0.1) is 17.7 Å². The number of aromatic carboxylic acids is 1. The molecule has 0 bridgehead atoms. The Balaban J connectivity index is 1.34. The highest BCUT2D eigenvalue weighted by atomic mass is 35.5. The number of ether oxygens (including phenoxy) is 1. The lowest BCUT2D eigenvalue weighted by molar-refractivity contribution is -0.115. The highest BCUT2D eigenvalue weighted by molar-refractivity contribution is 8.00. The predicted octanol–water partition coefficient (Wildman–Crippen LogP) is 7.92. The average Bonchev–Trinajstić information content (AvgIpc) is 3.00. The molecule has 0 saturated heterocycles. The fourth-order valence-electron chi connectivity index (χ4n) is 4.51. The van der Waals surface area contributed by atoms with Crippen molar-refractivity contribution in [3.63, 3.8) is 0 Å². The molecule has 0 aliphatic heterocycles. The van der Waals surface area contributed by atoms with Crippen LogP contribution in [-0.4, -0.2) is 30.0 Å². The summed E-state index contributed by atoms with van der Waals surface area (Å²) in [6, 6.07) is 31.6. The van der Waals surface area contributed by atoms with Gasteiger partial charge in [-0.2, -0.15) is 0 Å². The third-order valence-electron chi connectivity index (χ3n) is 6.51. The van der Waals surface area contributed by atoms with Crippen molar-refractivity contribution in [2.45, 2.75) is 10.1 Å². The molecule has 2 amide bonds. The minimum absolute atomic E-state index is 0.0622. The minimum atomic E-state index is -1.10. The van der Waals surface area contributed by atoms with E-state index in [0.717, 1.165) is 10.5 Å². The molecule has 5 aromatic rings. The standard InChI is InChI=1S/C33H25ClN2O5S/c1-41-28-18-15-23(19-27(28)34)36-32(38)30(21-7-3-2-4-8-21)42-24-16-13-22(14-17-24)35-31(37)25-11-5-9-20-10-6-12-26(29(20)25)33(39)40/h2-19,30H,1H3,(H,35,37)(H,36,38)(H,39,40). The second-order valence-electron chi connectivity index (χ2n) is 9.24. The van der Waals surface area contributed by atoms with E-state index in [9.17, 15) is 19.5 Å². The first-order valence-electron chi connectivity index (χ1n) is 12.9. The third-order valence-corrected chi connectivity index (χ3v) is 8.07. The van der Waals surface area contributed by atoms with Crippen LogP contribution in [0.1, 0.15) is 31.5 Å². The van der Waals surface area contributed by atoms with Gasteiger partial charge in [-0.3, -0.25) is 9.59 Å². The molecular weight excluding hydrogens is 572 g/mol. The SMILES string of the molecule is COc1ccc(NC(=O)C(Sc2ccc(NC(=O)c3cccc4cccc(C(=O)O)c34)cc2)c2ccccc2)cc1Cl. The van der Waals surface area contributed by atoms with Crippen molar-refractivity contribution < 1.29 is 24.2 Å². The zero-order valence-electron chi connectivity index (χ0n) is 22.3. The number of carbonyl (C=O) groups is 3. The first-order valence-corrected chi connectivity index (χ1v) is 14.1. The van der Waals surface area contributed by atoms with Crippen molar-refractivity contribution in [2.75, 3.05) is 17.7 Å². The Morgan fingerprint density at radius 2 is 1.45 bits per heavy atom. The molecule has 1 atom stereocenters. The molecule has 5 rings (SSSR count). The number of amides is 2. The number of anilines is 2.